The number of methoxy groups -OCH3 is 2. The smallest absolute Gasteiger partial charge is 0.263 e. The Hall–Kier alpha value is -3.99. The molecule has 3 aromatic rings. The lowest BCUT2D eigenvalue weighted by Gasteiger charge is -2.20. The third kappa shape index (κ3) is 3.55. The Morgan fingerprint density at radius 3 is 2.64 bits per heavy atom. The van der Waals surface area contributed by atoms with E-state index in [0.717, 1.165) is 4.90 Å². The first-order valence-electron chi connectivity index (χ1n) is 9.86. The van der Waals surface area contributed by atoms with E-state index in [1.807, 2.05) is 0 Å². The quantitative estimate of drug-likeness (QED) is 0.506. The van der Waals surface area contributed by atoms with E-state index in [-0.39, 0.29) is 12.4 Å². The summed E-state index contributed by atoms with van der Waals surface area (Å²) in [5.74, 6) is 0.500. The lowest BCUT2D eigenvalue weighted by atomic mass is 10.1. The SMILES string of the molecule is COc1ccc(N2C(=O)C3N=NN(Cc4nc(-c5cccc(Cl)c5)no4)C3C2=O)cc1OC. The zero-order valence-electron chi connectivity index (χ0n) is 17.5. The first-order valence-corrected chi connectivity index (χ1v) is 10.2. The number of nitrogens with zero attached hydrogens (tertiary/aromatic N) is 6. The van der Waals surface area contributed by atoms with Crippen molar-refractivity contribution in [3.63, 3.8) is 0 Å². The van der Waals surface area contributed by atoms with E-state index < -0.39 is 23.9 Å². The van der Waals surface area contributed by atoms with Gasteiger partial charge < -0.3 is 14.0 Å². The second-order valence-corrected chi connectivity index (χ2v) is 7.70. The van der Waals surface area contributed by atoms with E-state index in [1.165, 1.54) is 19.2 Å². The zero-order valence-corrected chi connectivity index (χ0v) is 18.3. The van der Waals surface area contributed by atoms with Gasteiger partial charge in [-0.2, -0.15) is 10.1 Å². The summed E-state index contributed by atoms with van der Waals surface area (Å²) in [6.07, 6.45) is 0. The summed E-state index contributed by atoms with van der Waals surface area (Å²) in [5.41, 5.74) is 1.04. The number of ether oxygens (including phenoxy) is 2. The fraction of sp³-hybridized carbons (Fsp3) is 0.238. The lowest BCUT2D eigenvalue weighted by Crippen LogP contribution is -2.39. The molecule has 2 unspecified atom stereocenters. The minimum absolute atomic E-state index is 0.0109. The minimum atomic E-state index is -0.957. The number of benzene rings is 2. The maximum Gasteiger partial charge on any atom is 0.263 e. The molecule has 0 N–H and O–H groups in total. The van der Waals surface area contributed by atoms with Crippen molar-refractivity contribution in [2.45, 2.75) is 18.6 Å². The van der Waals surface area contributed by atoms with Crippen LogP contribution in [0.3, 0.4) is 0 Å². The number of hydrogen-bond donors (Lipinski definition) is 0. The Balaban J connectivity index is 1.37. The first-order chi connectivity index (χ1) is 16.0. The molecule has 5 rings (SSSR count). The molecule has 2 aromatic carbocycles. The summed E-state index contributed by atoms with van der Waals surface area (Å²) in [5, 5.41) is 13.9. The third-order valence-corrected chi connectivity index (χ3v) is 5.57. The number of imide groups is 1. The van der Waals surface area contributed by atoms with Crippen LogP contribution in [-0.4, -0.2) is 53.3 Å². The molecule has 2 aliphatic rings. The maximum absolute atomic E-state index is 13.2. The second kappa shape index (κ2) is 8.17. The molecule has 0 spiro atoms. The minimum Gasteiger partial charge on any atom is -0.493 e. The van der Waals surface area contributed by atoms with Crippen molar-refractivity contribution in [1.82, 2.24) is 15.1 Å². The highest BCUT2D eigenvalue weighted by molar-refractivity contribution is 6.30. The van der Waals surface area contributed by atoms with Gasteiger partial charge in [0.2, 0.25) is 11.7 Å². The molecule has 0 radical (unpaired) electrons. The van der Waals surface area contributed by atoms with Gasteiger partial charge in [0, 0.05) is 16.7 Å². The summed E-state index contributed by atoms with van der Waals surface area (Å²) in [4.78, 5) is 31.6. The van der Waals surface area contributed by atoms with Crippen molar-refractivity contribution in [2.24, 2.45) is 10.3 Å². The zero-order chi connectivity index (χ0) is 23.1. The predicted molar refractivity (Wildman–Crippen MR) is 115 cm³/mol. The fourth-order valence-corrected chi connectivity index (χ4v) is 3.97. The molecule has 2 atom stereocenters. The van der Waals surface area contributed by atoms with Crippen LogP contribution >= 0.6 is 11.6 Å². The number of rotatable bonds is 6. The Morgan fingerprint density at radius 1 is 1.06 bits per heavy atom. The standard InChI is InChI=1S/C21H17ClN6O5/c1-31-14-7-6-13(9-15(14)32-2)28-20(29)17-18(21(28)30)27(26-24-17)10-16-23-19(25-33-16)11-4-3-5-12(22)8-11/h3-9,17-18H,10H2,1-2H3. The molecule has 1 saturated heterocycles. The van der Waals surface area contributed by atoms with Gasteiger partial charge in [0.15, 0.2) is 23.6 Å². The number of anilines is 1. The number of aromatic nitrogens is 2. The van der Waals surface area contributed by atoms with Crippen LogP contribution < -0.4 is 14.4 Å². The first kappa shape index (κ1) is 20.9. The van der Waals surface area contributed by atoms with Crippen LogP contribution in [0.15, 0.2) is 57.3 Å². The van der Waals surface area contributed by atoms with Gasteiger partial charge in [-0.15, -0.1) is 0 Å². The third-order valence-electron chi connectivity index (χ3n) is 5.33. The van der Waals surface area contributed by atoms with Crippen LogP contribution in [0.1, 0.15) is 5.89 Å². The van der Waals surface area contributed by atoms with E-state index in [1.54, 1.807) is 42.5 Å². The number of halogens is 1. The molecule has 0 saturated carbocycles. The molecule has 1 fully saturated rings. The molecule has 1 aromatic heterocycles. The van der Waals surface area contributed by atoms with Gasteiger partial charge >= 0.3 is 0 Å². The molecular formula is C21H17ClN6O5. The van der Waals surface area contributed by atoms with Crippen molar-refractivity contribution in [3.8, 4) is 22.9 Å². The summed E-state index contributed by atoms with van der Waals surface area (Å²) >= 11 is 6.02. The van der Waals surface area contributed by atoms with Gasteiger partial charge in [-0.3, -0.25) is 14.6 Å². The second-order valence-electron chi connectivity index (χ2n) is 7.27. The number of amides is 2. The van der Waals surface area contributed by atoms with E-state index in [2.05, 4.69) is 20.5 Å². The van der Waals surface area contributed by atoms with E-state index >= 15 is 0 Å². The van der Waals surface area contributed by atoms with Crippen molar-refractivity contribution in [3.05, 3.63) is 53.4 Å². The maximum atomic E-state index is 13.2. The van der Waals surface area contributed by atoms with Crippen molar-refractivity contribution >= 4 is 29.1 Å². The molecular weight excluding hydrogens is 452 g/mol. The molecule has 0 aliphatic carbocycles. The van der Waals surface area contributed by atoms with Gasteiger partial charge in [0.1, 0.15) is 6.54 Å². The molecule has 0 bridgehead atoms. The van der Waals surface area contributed by atoms with Crippen LogP contribution in [0.25, 0.3) is 11.4 Å². The van der Waals surface area contributed by atoms with Gasteiger partial charge in [-0.1, -0.05) is 34.1 Å². The van der Waals surface area contributed by atoms with Gasteiger partial charge in [-0.05, 0) is 24.3 Å². The number of carbonyl (C=O) groups is 2. The molecule has 2 amide bonds. The van der Waals surface area contributed by atoms with E-state index in [9.17, 15) is 9.59 Å². The van der Waals surface area contributed by atoms with Gasteiger partial charge in [0.25, 0.3) is 11.8 Å². The van der Waals surface area contributed by atoms with E-state index in [0.29, 0.717) is 33.6 Å². The number of fused-ring (bicyclic) bond motifs is 1. The molecule has 12 heteroatoms. The van der Waals surface area contributed by atoms with Crippen LogP contribution in [0.4, 0.5) is 5.69 Å². The average Bonchev–Trinajstić information content (AvgIpc) is 3.51. The average molecular weight is 469 g/mol. The molecule has 2 aliphatic heterocycles. The summed E-state index contributed by atoms with van der Waals surface area (Å²) in [6.45, 7) is 0.0109. The Kier molecular flexibility index (Phi) is 5.17. The van der Waals surface area contributed by atoms with Crippen LogP contribution in [0.5, 0.6) is 11.5 Å². The van der Waals surface area contributed by atoms with Crippen LogP contribution in [0, 0.1) is 0 Å². The van der Waals surface area contributed by atoms with Gasteiger partial charge in [-0.25, -0.2) is 4.90 Å². The molecule has 3 heterocycles. The molecule has 168 valence electrons. The Labute approximate surface area is 192 Å². The van der Waals surface area contributed by atoms with E-state index in [4.69, 9.17) is 25.6 Å². The van der Waals surface area contributed by atoms with Crippen molar-refractivity contribution in [2.75, 3.05) is 19.1 Å². The molecule has 33 heavy (non-hydrogen) atoms. The normalized spacial score (nSPS) is 19.4. The number of hydrogen-bond acceptors (Lipinski definition) is 10. The Bertz CT molecular complexity index is 1280. The predicted octanol–water partition coefficient (Wildman–Crippen LogP) is 2.90. The van der Waals surface area contributed by atoms with Crippen molar-refractivity contribution < 1.29 is 23.6 Å². The topological polar surface area (TPSA) is 123 Å². The summed E-state index contributed by atoms with van der Waals surface area (Å²) in [6, 6.07) is 9.95. The van der Waals surface area contributed by atoms with Crippen LogP contribution in [-0.2, 0) is 16.1 Å². The monoisotopic (exact) mass is 468 g/mol. The largest absolute Gasteiger partial charge is 0.493 e. The molecule has 11 nitrogen and oxygen atoms in total. The summed E-state index contributed by atoms with van der Waals surface area (Å²) in [7, 11) is 2.98. The van der Waals surface area contributed by atoms with Gasteiger partial charge in [0.05, 0.1) is 19.9 Å². The number of carbonyl (C=O) groups excluding carboxylic acids is 2. The Morgan fingerprint density at radius 2 is 1.88 bits per heavy atom. The van der Waals surface area contributed by atoms with Crippen molar-refractivity contribution in [1.29, 1.82) is 0 Å². The fourth-order valence-electron chi connectivity index (χ4n) is 3.77. The highest BCUT2D eigenvalue weighted by Gasteiger charge is 2.55. The van der Waals surface area contributed by atoms with Crippen LogP contribution in [0.2, 0.25) is 5.02 Å². The highest BCUT2D eigenvalue weighted by Crippen LogP contribution is 2.37. The highest BCUT2D eigenvalue weighted by atomic mass is 35.5. The summed E-state index contributed by atoms with van der Waals surface area (Å²) < 4.78 is 15.8. The lowest BCUT2D eigenvalue weighted by molar-refractivity contribution is -0.123.